The third-order valence-corrected chi connectivity index (χ3v) is 2.30. The van der Waals surface area contributed by atoms with E-state index >= 15 is 0 Å². The van der Waals surface area contributed by atoms with Crippen LogP contribution in [0.2, 0.25) is 0 Å². The minimum absolute atomic E-state index is 0.152. The van der Waals surface area contributed by atoms with Crippen molar-refractivity contribution in [1.29, 1.82) is 0 Å². The summed E-state index contributed by atoms with van der Waals surface area (Å²) in [4.78, 5) is 15.1. The Kier molecular flexibility index (Phi) is 1.57. The first-order chi connectivity index (χ1) is 5.79. The molecule has 1 aliphatic rings. The van der Waals surface area contributed by atoms with E-state index < -0.39 is 0 Å². The molecule has 1 heterocycles. The van der Waals surface area contributed by atoms with Crippen molar-refractivity contribution in [2.24, 2.45) is 5.73 Å². The Morgan fingerprint density at radius 1 is 1.67 bits per heavy atom. The van der Waals surface area contributed by atoms with Crippen molar-refractivity contribution in [3.05, 3.63) is 29.6 Å². The van der Waals surface area contributed by atoms with Gasteiger partial charge in [-0.1, -0.05) is 6.07 Å². The van der Waals surface area contributed by atoms with Gasteiger partial charge in [-0.25, -0.2) is 0 Å². The fourth-order valence-electron chi connectivity index (χ4n) is 1.69. The molecule has 62 valence electrons. The monoisotopic (exact) mass is 162 g/mol. The first-order valence-electron chi connectivity index (χ1n) is 4.02. The van der Waals surface area contributed by atoms with Crippen LogP contribution in [-0.4, -0.2) is 10.9 Å². The lowest BCUT2D eigenvalue weighted by Gasteiger charge is -2.03. The van der Waals surface area contributed by atoms with E-state index in [1.165, 1.54) is 5.56 Å². The topological polar surface area (TPSA) is 56.0 Å². The lowest BCUT2D eigenvalue weighted by Crippen LogP contribution is -2.19. The number of aromatic nitrogens is 1. The Morgan fingerprint density at radius 3 is 3.25 bits per heavy atom. The standard InChI is InChI=1S/C9H10N2O/c10-9(12)7-4-3-6-2-1-5-11-8(6)7/h1-2,5,7H,3-4H2,(H2,10,12). The van der Waals surface area contributed by atoms with Crippen LogP contribution in [-0.2, 0) is 11.2 Å². The zero-order valence-electron chi connectivity index (χ0n) is 6.66. The molecule has 2 N–H and O–H groups in total. The van der Waals surface area contributed by atoms with E-state index in [0.29, 0.717) is 0 Å². The van der Waals surface area contributed by atoms with Crippen LogP contribution in [0.4, 0.5) is 0 Å². The lowest BCUT2D eigenvalue weighted by atomic mass is 10.1. The summed E-state index contributed by atoms with van der Waals surface area (Å²) in [6.45, 7) is 0. The van der Waals surface area contributed by atoms with Crippen LogP contribution in [0.25, 0.3) is 0 Å². The molecule has 0 aliphatic heterocycles. The molecule has 2 rings (SSSR count). The first-order valence-corrected chi connectivity index (χ1v) is 4.02. The number of amides is 1. The summed E-state index contributed by atoms with van der Waals surface area (Å²) in [7, 11) is 0. The number of rotatable bonds is 1. The van der Waals surface area contributed by atoms with E-state index in [0.717, 1.165) is 18.5 Å². The van der Waals surface area contributed by atoms with Gasteiger partial charge in [-0.05, 0) is 24.5 Å². The summed E-state index contributed by atoms with van der Waals surface area (Å²) < 4.78 is 0. The molecular weight excluding hydrogens is 152 g/mol. The molecule has 1 unspecified atom stereocenters. The zero-order valence-corrected chi connectivity index (χ0v) is 6.66. The van der Waals surface area contributed by atoms with Crippen molar-refractivity contribution >= 4 is 5.91 Å². The maximum absolute atomic E-state index is 10.9. The van der Waals surface area contributed by atoms with E-state index in [4.69, 9.17) is 5.73 Å². The predicted octanol–water partition coefficient (Wildman–Crippen LogP) is 0.597. The second kappa shape index (κ2) is 2.59. The minimum atomic E-state index is -0.257. The van der Waals surface area contributed by atoms with Crippen molar-refractivity contribution in [3.8, 4) is 0 Å². The molecular formula is C9H10N2O. The van der Waals surface area contributed by atoms with Gasteiger partial charge in [-0.3, -0.25) is 9.78 Å². The Labute approximate surface area is 70.6 Å². The molecule has 1 aromatic rings. The molecule has 0 radical (unpaired) electrons. The second-order valence-corrected chi connectivity index (χ2v) is 3.04. The summed E-state index contributed by atoms with van der Waals surface area (Å²) in [5.41, 5.74) is 7.28. The number of aryl methyl sites for hydroxylation is 1. The molecule has 1 aromatic heterocycles. The quantitative estimate of drug-likeness (QED) is 0.657. The molecule has 0 aromatic carbocycles. The van der Waals surface area contributed by atoms with Gasteiger partial charge in [-0.2, -0.15) is 0 Å². The summed E-state index contributed by atoms with van der Waals surface area (Å²) in [6.07, 6.45) is 3.46. The summed E-state index contributed by atoms with van der Waals surface area (Å²) >= 11 is 0. The van der Waals surface area contributed by atoms with E-state index in [2.05, 4.69) is 4.98 Å². The Balaban J connectivity index is 2.42. The number of pyridine rings is 1. The number of nitrogens with two attached hydrogens (primary N) is 1. The SMILES string of the molecule is NC(=O)C1CCc2cccnc21. The minimum Gasteiger partial charge on any atom is -0.369 e. The molecule has 0 saturated carbocycles. The number of carbonyl (C=O) groups excluding carboxylic acids is 1. The average Bonchev–Trinajstić information content (AvgIpc) is 2.47. The van der Waals surface area contributed by atoms with Crippen LogP contribution in [0.5, 0.6) is 0 Å². The van der Waals surface area contributed by atoms with Crippen molar-refractivity contribution in [2.75, 3.05) is 0 Å². The highest BCUT2D eigenvalue weighted by Crippen LogP contribution is 2.30. The molecule has 3 nitrogen and oxygen atoms in total. The van der Waals surface area contributed by atoms with Crippen LogP contribution in [0.1, 0.15) is 23.6 Å². The number of nitrogens with zero attached hydrogens (tertiary/aromatic N) is 1. The second-order valence-electron chi connectivity index (χ2n) is 3.04. The number of fused-ring (bicyclic) bond motifs is 1. The molecule has 0 spiro atoms. The van der Waals surface area contributed by atoms with Gasteiger partial charge in [0.05, 0.1) is 11.6 Å². The molecule has 3 heteroatoms. The van der Waals surface area contributed by atoms with Crippen LogP contribution >= 0.6 is 0 Å². The highest BCUT2D eigenvalue weighted by molar-refractivity contribution is 5.82. The first kappa shape index (κ1) is 7.28. The van der Waals surface area contributed by atoms with E-state index in [1.54, 1.807) is 6.20 Å². The van der Waals surface area contributed by atoms with Crippen LogP contribution in [0.15, 0.2) is 18.3 Å². The Bertz CT molecular complexity index is 322. The summed E-state index contributed by atoms with van der Waals surface area (Å²) in [5, 5.41) is 0. The van der Waals surface area contributed by atoms with Gasteiger partial charge in [-0.15, -0.1) is 0 Å². The normalized spacial score (nSPS) is 20.5. The van der Waals surface area contributed by atoms with Gasteiger partial charge < -0.3 is 5.73 Å². The Hall–Kier alpha value is -1.38. The zero-order chi connectivity index (χ0) is 8.55. The smallest absolute Gasteiger partial charge is 0.226 e. The van der Waals surface area contributed by atoms with Gasteiger partial charge in [0.15, 0.2) is 0 Å². The number of carbonyl (C=O) groups is 1. The van der Waals surface area contributed by atoms with Crippen molar-refractivity contribution in [2.45, 2.75) is 18.8 Å². The van der Waals surface area contributed by atoms with E-state index in [1.807, 2.05) is 12.1 Å². The maximum Gasteiger partial charge on any atom is 0.226 e. The summed E-state index contributed by atoms with van der Waals surface area (Å²) in [6, 6.07) is 3.90. The highest BCUT2D eigenvalue weighted by Gasteiger charge is 2.27. The fraction of sp³-hybridized carbons (Fsp3) is 0.333. The van der Waals surface area contributed by atoms with Gasteiger partial charge in [0.1, 0.15) is 0 Å². The van der Waals surface area contributed by atoms with Crippen LogP contribution in [0, 0.1) is 0 Å². The molecule has 12 heavy (non-hydrogen) atoms. The van der Waals surface area contributed by atoms with Crippen molar-refractivity contribution in [3.63, 3.8) is 0 Å². The fourth-order valence-corrected chi connectivity index (χ4v) is 1.69. The summed E-state index contributed by atoms with van der Waals surface area (Å²) in [5.74, 6) is -0.409. The number of hydrogen-bond acceptors (Lipinski definition) is 2. The molecule has 0 bridgehead atoms. The molecule has 0 fully saturated rings. The molecule has 1 atom stereocenters. The third kappa shape index (κ3) is 0.978. The largest absolute Gasteiger partial charge is 0.369 e. The van der Waals surface area contributed by atoms with E-state index in [-0.39, 0.29) is 11.8 Å². The van der Waals surface area contributed by atoms with Crippen LogP contribution < -0.4 is 5.73 Å². The van der Waals surface area contributed by atoms with Gasteiger partial charge in [0, 0.05) is 6.20 Å². The van der Waals surface area contributed by atoms with Gasteiger partial charge in [0.2, 0.25) is 5.91 Å². The number of hydrogen-bond donors (Lipinski definition) is 1. The van der Waals surface area contributed by atoms with Crippen molar-refractivity contribution in [1.82, 2.24) is 4.98 Å². The molecule has 1 amide bonds. The Morgan fingerprint density at radius 2 is 2.50 bits per heavy atom. The molecule has 1 aliphatic carbocycles. The van der Waals surface area contributed by atoms with Crippen molar-refractivity contribution < 1.29 is 4.79 Å². The maximum atomic E-state index is 10.9. The van der Waals surface area contributed by atoms with Crippen LogP contribution in [0.3, 0.4) is 0 Å². The predicted molar refractivity (Wildman–Crippen MR) is 44.5 cm³/mol. The van der Waals surface area contributed by atoms with Gasteiger partial charge >= 0.3 is 0 Å². The lowest BCUT2D eigenvalue weighted by molar-refractivity contribution is -0.119. The average molecular weight is 162 g/mol. The van der Waals surface area contributed by atoms with Gasteiger partial charge in [0.25, 0.3) is 0 Å². The third-order valence-electron chi connectivity index (χ3n) is 2.30. The molecule has 0 saturated heterocycles. The number of primary amides is 1. The van der Waals surface area contributed by atoms with E-state index in [9.17, 15) is 4.79 Å². The highest BCUT2D eigenvalue weighted by atomic mass is 16.1.